The molecule has 0 aliphatic rings. The van der Waals surface area contributed by atoms with Crippen LogP contribution in [0, 0.1) is 0 Å². The summed E-state index contributed by atoms with van der Waals surface area (Å²) in [4.78, 5) is 25.6. The number of hydrogen-bond acceptors (Lipinski definition) is 4. The summed E-state index contributed by atoms with van der Waals surface area (Å²) in [7, 11) is 0. The smallest absolute Gasteiger partial charge is 0.307 e. The van der Waals surface area contributed by atoms with Gasteiger partial charge in [-0.15, -0.1) is 0 Å². The lowest BCUT2D eigenvalue weighted by Crippen LogP contribution is -2.37. The van der Waals surface area contributed by atoms with Gasteiger partial charge in [0.15, 0.2) is 6.61 Å². The van der Waals surface area contributed by atoms with Crippen molar-refractivity contribution in [1.82, 2.24) is 4.90 Å². The molecular weight excluding hydrogens is 306 g/mol. The SMILES string of the molecule is CCCCCCN(CCC(=O)OCC)C(=O)COc1ccccc1. The van der Waals surface area contributed by atoms with Crippen LogP contribution < -0.4 is 4.74 Å². The van der Waals surface area contributed by atoms with Crippen molar-refractivity contribution in [2.45, 2.75) is 46.0 Å². The highest BCUT2D eigenvalue weighted by molar-refractivity contribution is 5.78. The predicted octanol–water partition coefficient (Wildman–Crippen LogP) is 3.43. The molecule has 0 N–H and O–H groups in total. The molecule has 0 spiro atoms. The maximum Gasteiger partial charge on any atom is 0.307 e. The highest BCUT2D eigenvalue weighted by Crippen LogP contribution is 2.09. The van der Waals surface area contributed by atoms with E-state index >= 15 is 0 Å². The second-order valence-electron chi connectivity index (χ2n) is 5.60. The van der Waals surface area contributed by atoms with Gasteiger partial charge in [-0.05, 0) is 25.5 Å². The van der Waals surface area contributed by atoms with E-state index in [1.807, 2.05) is 30.3 Å². The number of hydrogen-bond donors (Lipinski definition) is 0. The van der Waals surface area contributed by atoms with Gasteiger partial charge in [0.05, 0.1) is 13.0 Å². The first-order valence-corrected chi connectivity index (χ1v) is 8.78. The largest absolute Gasteiger partial charge is 0.484 e. The second kappa shape index (κ2) is 12.4. The van der Waals surface area contributed by atoms with Crippen molar-refractivity contribution in [3.8, 4) is 5.75 Å². The quantitative estimate of drug-likeness (QED) is 0.434. The zero-order valence-electron chi connectivity index (χ0n) is 14.8. The molecule has 1 amide bonds. The standard InChI is InChI=1S/C19H29NO4/c1-3-5-6-10-14-20(15-13-19(22)23-4-2)18(21)16-24-17-11-8-7-9-12-17/h7-9,11-12H,3-6,10,13-16H2,1-2H3. The van der Waals surface area contributed by atoms with Crippen molar-refractivity contribution in [2.24, 2.45) is 0 Å². The normalized spacial score (nSPS) is 10.2. The summed E-state index contributed by atoms with van der Waals surface area (Å²) in [6.07, 6.45) is 4.54. The Morgan fingerprint density at radius 1 is 1.00 bits per heavy atom. The third-order valence-corrected chi connectivity index (χ3v) is 3.63. The average Bonchev–Trinajstić information content (AvgIpc) is 2.60. The first-order valence-electron chi connectivity index (χ1n) is 8.78. The predicted molar refractivity (Wildman–Crippen MR) is 93.9 cm³/mol. The minimum absolute atomic E-state index is 0.0133. The van der Waals surface area contributed by atoms with Crippen molar-refractivity contribution in [1.29, 1.82) is 0 Å². The number of para-hydroxylation sites is 1. The van der Waals surface area contributed by atoms with Gasteiger partial charge in [-0.25, -0.2) is 0 Å². The van der Waals surface area contributed by atoms with Gasteiger partial charge in [-0.2, -0.15) is 0 Å². The summed E-state index contributed by atoms with van der Waals surface area (Å²) < 4.78 is 10.5. The lowest BCUT2D eigenvalue weighted by Gasteiger charge is -2.22. The Morgan fingerprint density at radius 3 is 2.42 bits per heavy atom. The number of carbonyl (C=O) groups excluding carboxylic acids is 2. The zero-order valence-corrected chi connectivity index (χ0v) is 14.8. The highest BCUT2D eigenvalue weighted by Gasteiger charge is 2.16. The molecule has 1 aromatic rings. The van der Waals surface area contributed by atoms with E-state index in [2.05, 4.69) is 6.92 Å². The van der Waals surface area contributed by atoms with Crippen molar-refractivity contribution in [3.05, 3.63) is 30.3 Å². The monoisotopic (exact) mass is 335 g/mol. The summed E-state index contributed by atoms with van der Waals surface area (Å²) in [5, 5.41) is 0. The molecule has 0 atom stereocenters. The molecule has 0 aliphatic carbocycles. The lowest BCUT2D eigenvalue weighted by molar-refractivity contribution is -0.144. The van der Waals surface area contributed by atoms with E-state index in [-0.39, 0.29) is 24.9 Å². The molecule has 5 nitrogen and oxygen atoms in total. The van der Waals surface area contributed by atoms with E-state index in [0.717, 1.165) is 25.7 Å². The number of esters is 1. The fourth-order valence-corrected chi connectivity index (χ4v) is 2.30. The number of amides is 1. The molecule has 1 aromatic carbocycles. The van der Waals surface area contributed by atoms with E-state index < -0.39 is 0 Å². The minimum Gasteiger partial charge on any atom is -0.484 e. The maximum absolute atomic E-state index is 12.4. The molecule has 0 radical (unpaired) electrons. The molecule has 0 saturated carbocycles. The van der Waals surface area contributed by atoms with Crippen LogP contribution in [-0.4, -0.2) is 43.1 Å². The maximum atomic E-state index is 12.4. The summed E-state index contributed by atoms with van der Waals surface area (Å²) in [6, 6.07) is 9.26. The fraction of sp³-hybridized carbons (Fsp3) is 0.579. The van der Waals surface area contributed by atoms with Crippen LogP contribution in [0.3, 0.4) is 0 Å². The average molecular weight is 335 g/mol. The van der Waals surface area contributed by atoms with Gasteiger partial charge in [0.1, 0.15) is 5.75 Å². The third-order valence-electron chi connectivity index (χ3n) is 3.63. The van der Waals surface area contributed by atoms with Gasteiger partial charge in [0, 0.05) is 13.1 Å². The van der Waals surface area contributed by atoms with Crippen LogP contribution in [0.25, 0.3) is 0 Å². The van der Waals surface area contributed by atoms with Gasteiger partial charge < -0.3 is 14.4 Å². The van der Waals surface area contributed by atoms with Gasteiger partial charge in [0.25, 0.3) is 5.91 Å². The van der Waals surface area contributed by atoms with Gasteiger partial charge >= 0.3 is 5.97 Å². The number of benzene rings is 1. The van der Waals surface area contributed by atoms with Crippen LogP contribution in [0.15, 0.2) is 30.3 Å². The molecule has 0 heterocycles. The first-order chi connectivity index (χ1) is 11.7. The zero-order chi connectivity index (χ0) is 17.6. The fourth-order valence-electron chi connectivity index (χ4n) is 2.30. The number of nitrogens with zero attached hydrogens (tertiary/aromatic N) is 1. The number of unbranched alkanes of at least 4 members (excludes halogenated alkanes) is 3. The number of ether oxygens (including phenoxy) is 2. The van der Waals surface area contributed by atoms with Crippen LogP contribution in [-0.2, 0) is 14.3 Å². The summed E-state index contributed by atoms with van der Waals surface area (Å²) in [5.41, 5.74) is 0. The van der Waals surface area contributed by atoms with Crippen molar-refractivity contribution < 1.29 is 19.1 Å². The summed E-state index contributed by atoms with van der Waals surface area (Å²) in [5.74, 6) is 0.301. The Morgan fingerprint density at radius 2 is 1.75 bits per heavy atom. The van der Waals surface area contributed by atoms with E-state index in [1.54, 1.807) is 11.8 Å². The molecule has 0 unspecified atom stereocenters. The Balaban J connectivity index is 2.47. The van der Waals surface area contributed by atoms with Crippen LogP contribution in [0.5, 0.6) is 5.75 Å². The molecule has 24 heavy (non-hydrogen) atoms. The first kappa shape index (κ1) is 20.0. The van der Waals surface area contributed by atoms with Crippen LogP contribution in [0.2, 0.25) is 0 Å². The third kappa shape index (κ3) is 8.56. The summed E-state index contributed by atoms with van der Waals surface area (Å²) in [6.45, 7) is 5.30. The molecule has 134 valence electrons. The molecule has 1 rings (SSSR count). The Kier molecular flexibility index (Phi) is 10.3. The van der Waals surface area contributed by atoms with Crippen molar-refractivity contribution >= 4 is 11.9 Å². The van der Waals surface area contributed by atoms with Gasteiger partial charge in [-0.3, -0.25) is 9.59 Å². The topological polar surface area (TPSA) is 55.8 Å². The van der Waals surface area contributed by atoms with E-state index in [4.69, 9.17) is 9.47 Å². The Bertz CT molecular complexity index is 476. The second-order valence-corrected chi connectivity index (χ2v) is 5.60. The van der Waals surface area contributed by atoms with Crippen LogP contribution in [0.4, 0.5) is 0 Å². The van der Waals surface area contributed by atoms with E-state index in [0.29, 0.717) is 25.4 Å². The van der Waals surface area contributed by atoms with Gasteiger partial charge in [-0.1, -0.05) is 44.4 Å². The molecule has 0 aromatic heterocycles. The number of rotatable bonds is 12. The van der Waals surface area contributed by atoms with E-state index in [9.17, 15) is 9.59 Å². The van der Waals surface area contributed by atoms with Crippen molar-refractivity contribution in [2.75, 3.05) is 26.3 Å². The number of carbonyl (C=O) groups is 2. The molecule has 0 bridgehead atoms. The molecule has 0 aliphatic heterocycles. The highest BCUT2D eigenvalue weighted by atomic mass is 16.5. The van der Waals surface area contributed by atoms with Gasteiger partial charge in [0.2, 0.25) is 0 Å². The minimum atomic E-state index is -0.271. The molecule has 0 saturated heterocycles. The van der Waals surface area contributed by atoms with Crippen molar-refractivity contribution in [3.63, 3.8) is 0 Å². The van der Waals surface area contributed by atoms with Crippen LogP contribution in [0.1, 0.15) is 46.0 Å². The Labute approximate surface area is 144 Å². The molecule has 5 heteroatoms. The van der Waals surface area contributed by atoms with E-state index in [1.165, 1.54) is 0 Å². The molecule has 0 fully saturated rings. The molecular formula is C19H29NO4. The lowest BCUT2D eigenvalue weighted by atomic mass is 10.2. The summed E-state index contributed by atoms with van der Waals surface area (Å²) >= 11 is 0. The van der Waals surface area contributed by atoms with Crippen LogP contribution >= 0.6 is 0 Å². The Hall–Kier alpha value is -2.04.